The Balaban J connectivity index is 1.47. The molecule has 1 aromatic carbocycles. The summed E-state index contributed by atoms with van der Waals surface area (Å²) in [5.41, 5.74) is 0.900. The summed E-state index contributed by atoms with van der Waals surface area (Å²) < 4.78 is 13.2. The molecule has 0 aromatic heterocycles. The highest BCUT2D eigenvalue weighted by Gasteiger charge is 2.36. The molecule has 2 aliphatic rings. The zero-order valence-electron chi connectivity index (χ0n) is 14.6. The first-order valence-corrected chi connectivity index (χ1v) is 9.04. The third kappa shape index (κ3) is 4.26. The van der Waals surface area contributed by atoms with E-state index < -0.39 is 0 Å². The SMILES string of the molecule is C[C@@H](Cc1cccc(F)c1)NC(=O)NC1C[C@H]2CCC[C@@H](C1)N2C. The zero-order valence-corrected chi connectivity index (χ0v) is 14.6. The number of rotatable bonds is 4. The minimum atomic E-state index is -0.234. The van der Waals surface area contributed by atoms with Gasteiger partial charge in [-0.2, -0.15) is 0 Å². The van der Waals surface area contributed by atoms with Crippen molar-refractivity contribution >= 4 is 6.03 Å². The van der Waals surface area contributed by atoms with Gasteiger partial charge in [0, 0.05) is 24.2 Å². The van der Waals surface area contributed by atoms with E-state index in [1.54, 1.807) is 6.07 Å². The molecule has 24 heavy (non-hydrogen) atoms. The Bertz CT molecular complexity index is 565. The van der Waals surface area contributed by atoms with E-state index in [1.165, 1.54) is 31.4 Å². The Morgan fingerprint density at radius 1 is 1.33 bits per heavy atom. The third-order valence-electron chi connectivity index (χ3n) is 5.48. The lowest BCUT2D eigenvalue weighted by Crippen LogP contribution is -2.57. The Morgan fingerprint density at radius 2 is 2.04 bits per heavy atom. The van der Waals surface area contributed by atoms with Gasteiger partial charge in [-0.15, -0.1) is 0 Å². The summed E-state index contributed by atoms with van der Waals surface area (Å²) in [7, 11) is 2.21. The number of carbonyl (C=O) groups is 1. The van der Waals surface area contributed by atoms with Crippen molar-refractivity contribution < 1.29 is 9.18 Å². The van der Waals surface area contributed by atoms with Crippen LogP contribution in [-0.2, 0) is 6.42 Å². The van der Waals surface area contributed by atoms with Crippen LogP contribution in [0.25, 0.3) is 0 Å². The first kappa shape index (κ1) is 17.2. The van der Waals surface area contributed by atoms with E-state index in [0.717, 1.165) is 18.4 Å². The largest absolute Gasteiger partial charge is 0.335 e. The van der Waals surface area contributed by atoms with Gasteiger partial charge in [0.15, 0.2) is 0 Å². The number of carbonyl (C=O) groups excluding carboxylic acids is 1. The molecule has 2 bridgehead atoms. The molecular weight excluding hydrogens is 305 g/mol. The average molecular weight is 333 g/mol. The van der Waals surface area contributed by atoms with Gasteiger partial charge in [0.2, 0.25) is 0 Å². The van der Waals surface area contributed by atoms with Crippen molar-refractivity contribution in [3.05, 3.63) is 35.6 Å². The van der Waals surface area contributed by atoms with E-state index in [2.05, 4.69) is 22.6 Å². The van der Waals surface area contributed by atoms with Gasteiger partial charge in [0.05, 0.1) is 0 Å². The molecular formula is C19H28FN3O. The number of nitrogens with zero attached hydrogens (tertiary/aromatic N) is 1. The molecule has 0 radical (unpaired) electrons. The van der Waals surface area contributed by atoms with Gasteiger partial charge < -0.3 is 15.5 Å². The van der Waals surface area contributed by atoms with Crippen molar-refractivity contribution in [2.24, 2.45) is 0 Å². The standard InChI is InChI=1S/C19H28FN3O/c1-13(9-14-5-3-6-15(20)10-14)21-19(24)22-16-11-17-7-4-8-18(12-16)23(17)2/h3,5-6,10,13,16-18H,4,7-9,11-12H2,1-2H3,(H2,21,22,24)/t13-,16?,17-,18+/m0/s1. The lowest BCUT2D eigenvalue weighted by Gasteiger charge is -2.47. The van der Waals surface area contributed by atoms with E-state index in [9.17, 15) is 9.18 Å². The summed E-state index contributed by atoms with van der Waals surface area (Å²) in [6.07, 6.45) is 6.50. The Kier molecular flexibility index (Phi) is 5.39. The molecule has 3 rings (SSSR count). The fourth-order valence-corrected chi connectivity index (χ4v) is 4.25. The topological polar surface area (TPSA) is 44.4 Å². The Labute approximate surface area is 143 Å². The van der Waals surface area contributed by atoms with Gasteiger partial charge in [-0.1, -0.05) is 18.6 Å². The highest BCUT2D eigenvalue weighted by atomic mass is 19.1. The van der Waals surface area contributed by atoms with Gasteiger partial charge >= 0.3 is 6.03 Å². The second kappa shape index (κ2) is 7.51. The molecule has 2 aliphatic heterocycles. The van der Waals surface area contributed by atoms with Crippen molar-refractivity contribution in [2.45, 2.75) is 69.6 Å². The van der Waals surface area contributed by atoms with E-state index in [4.69, 9.17) is 0 Å². The molecule has 1 aromatic rings. The summed E-state index contributed by atoms with van der Waals surface area (Å²) in [6, 6.07) is 7.88. The number of hydrogen-bond donors (Lipinski definition) is 2. The maximum Gasteiger partial charge on any atom is 0.315 e. The van der Waals surface area contributed by atoms with Crippen molar-refractivity contribution in [1.29, 1.82) is 0 Å². The van der Waals surface area contributed by atoms with Crippen LogP contribution in [0.2, 0.25) is 0 Å². The van der Waals surface area contributed by atoms with Crippen LogP contribution in [0.3, 0.4) is 0 Å². The van der Waals surface area contributed by atoms with E-state index in [0.29, 0.717) is 18.5 Å². The second-order valence-electron chi connectivity index (χ2n) is 7.43. The monoisotopic (exact) mass is 333 g/mol. The fraction of sp³-hybridized carbons (Fsp3) is 0.632. The molecule has 2 fully saturated rings. The highest BCUT2D eigenvalue weighted by Crippen LogP contribution is 2.32. The molecule has 1 unspecified atom stereocenters. The number of amides is 2. The Morgan fingerprint density at radius 3 is 2.71 bits per heavy atom. The third-order valence-corrected chi connectivity index (χ3v) is 5.48. The molecule has 2 N–H and O–H groups in total. The molecule has 5 heteroatoms. The lowest BCUT2D eigenvalue weighted by atomic mass is 9.82. The molecule has 4 nitrogen and oxygen atoms in total. The quantitative estimate of drug-likeness (QED) is 0.889. The summed E-state index contributed by atoms with van der Waals surface area (Å²) in [5, 5.41) is 6.13. The highest BCUT2D eigenvalue weighted by molar-refractivity contribution is 5.74. The van der Waals surface area contributed by atoms with Crippen LogP contribution < -0.4 is 10.6 Å². The molecule has 2 amide bonds. The molecule has 0 saturated carbocycles. The van der Waals surface area contributed by atoms with Crippen molar-refractivity contribution in [2.75, 3.05) is 7.05 Å². The van der Waals surface area contributed by atoms with Crippen LogP contribution >= 0.6 is 0 Å². The number of halogens is 1. The number of fused-ring (bicyclic) bond motifs is 2. The van der Waals surface area contributed by atoms with Gasteiger partial charge in [-0.05, 0) is 63.8 Å². The molecule has 0 aliphatic carbocycles. The Hall–Kier alpha value is -1.62. The fourth-order valence-electron chi connectivity index (χ4n) is 4.25. The maximum absolute atomic E-state index is 13.2. The lowest BCUT2D eigenvalue weighted by molar-refractivity contribution is 0.0508. The first-order chi connectivity index (χ1) is 11.5. The van der Waals surface area contributed by atoms with Crippen molar-refractivity contribution in [3.63, 3.8) is 0 Å². The molecule has 2 saturated heterocycles. The summed E-state index contributed by atoms with van der Waals surface area (Å²) in [6.45, 7) is 1.95. The second-order valence-corrected chi connectivity index (χ2v) is 7.43. The van der Waals surface area contributed by atoms with Gasteiger partial charge in [-0.25, -0.2) is 9.18 Å². The maximum atomic E-state index is 13.2. The van der Waals surface area contributed by atoms with Crippen LogP contribution in [0.5, 0.6) is 0 Å². The van der Waals surface area contributed by atoms with Crippen molar-refractivity contribution in [3.8, 4) is 0 Å². The van der Waals surface area contributed by atoms with Crippen LogP contribution in [0.4, 0.5) is 9.18 Å². The summed E-state index contributed by atoms with van der Waals surface area (Å²) >= 11 is 0. The molecule has 0 spiro atoms. The van der Waals surface area contributed by atoms with Crippen LogP contribution in [0.1, 0.15) is 44.6 Å². The van der Waals surface area contributed by atoms with E-state index >= 15 is 0 Å². The summed E-state index contributed by atoms with van der Waals surface area (Å²) in [5.74, 6) is -0.234. The molecule has 2 heterocycles. The van der Waals surface area contributed by atoms with Gasteiger partial charge in [0.25, 0.3) is 0 Å². The summed E-state index contributed by atoms with van der Waals surface area (Å²) in [4.78, 5) is 14.8. The normalized spacial score (nSPS) is 28.2. The predicted molar refractivity (Wildman–Crippen MR) is 93.4 cm³/mol. The van der Waals surface area contributed by atoms with Gasteiger partial charge in [-0.3, -0.25) is 0 Å². The van der Waals surface area contributed by atoms with E-state index in [1.807, 2.05) is 13.0 Å². The van der Waals surface area contributed by atoms with Gasteiger partial charge in [0.1, 0.15) is 5.82 Å². The number of piperidine rings is 2. The molecule has 132 valence electrons. The minimum Gasteiger partial charge on any atom is -0.335 e. The zero-order chi connectivity index (χ0) is 17.1. The number of nitrogens with one attached hydrogen (secondary N) is 2. The average Bonchev–Trinajstić information content (AvgIpc) is 2.48. The number of benzene rings is 1. The minimum absolute atomic E-state index is 0.0300. The van der Waals surface area contributed by atoms with Crippen LogP contribution in [0.15, 0.2) is 24.3 Å². The molecule has 4 atom stereocenters. The van der Waals surface area contributed by atoms with Crippen molar-refractivity contribution in [1.82, 2.24) is 15.5 Å². The van der Waals surface area contributed by atoms with Crippen LogP contribution in [0, 0.1) is 5.82 Å². The van der Waals surface area contributed by atoms with E-state index in [-0.39, 0.29) is 23.9 Å². The number of hydrogen-bond acceptors (Lipinski definition) is 2. The number of urea groups is 1. The first-order valence-electron chi connectivity index (χ1n) is 9.04. The van der Waals surface area contributed by atoms with Crippen LogP contribution in [-0.4, -0.2) is 42.1 Å². The predicted octanol–water partition coefficient (Wildman–Crippen LogP) is 3.07. The smallest absolute Gasteiger partial charge is 0.315 e.